The van der Waals surface area contributed by atoms with E-state index in [9.17, 15) is 31.2 Å². The van der Waals surface area contributed by atoms with Gasteiger partial charge in [-0.2, -0.15) is 4.72 Å². The van der Waals surface area contributed by atoms with Gasteiger partial charge in [-0.1, -0.05) is 30.3 Å². The van der Waals surface area contributed by atoms with E-state index in [4.69, 9.17) is 4.74 Å². The van der Waals surface area contributed by atoms with Crippen molar-refractivity contribution < 1.29 is 31.2 Å². The van der Waals surface area contributed by atoms with E-state index in [2.05, 4.69) is 30.0 Å². The first kappa shape index (κ1) is 35.0. The number of anilines is 1. The van der Waals surface area contributed by atoms with Crippen LogP contribution in [0, 0.1) is 0 Å². The van der Waals surface area contributed by atoms with E-state index in [1.807, 2.05) is 6.07 Å². The van der Waals surface area contributed by atoms with E-state index in [0.29, 0.717) is 34.5 Å². The lowest BCUT2D eigenvalue weighted by molar-refractivity contribution is -0.142. The molecular formula is C32H33N7O8S2. The number of imidazole rings is 1. The fraction of sp³-hybridized carbons (Fsp3) is 0.188. The Morgan fingerprint density at radius 3 is 2.14 bits per heavy atom. The molecule has 49 heavy (non-hydrogen) atoms. The number of aryl methyl sites for hydroxylation is 1. The fourth-order valence-electron chi connectivity index (χ4n) is 4.98. The lowest BCUT2D eigenvalue weighted by atomic mass is 10.1. The summed E-state index contributed by atoms with van der Waals surface area (Å²) >= 11 is 0. The van der Waals surface area contributed by atoms with Gasteiger partial charge in [-0.3, -0.25) is 14.4 Å². The van der Waals surface area contributed by atoms with Gasteiger partial charge in [0.25, 0.3) is 5.91 Å². The van der Waals surface area contributed by atoms with Crippen LogP contribution in [0.15, 0.2) is 99.9 Å². The monoisotopic (exact) mass is 707 g/mol. The van der Waals surface area contributed by atoms with E-state index in [1.54, 1.807) is 48.3 Å². The van der Waals surface area contributed by atoms with Gasteiger partial charge in [-0.05, 0) is 60.1 Å². The van der Waals surface area contributed by atoms with Crippen LogP contribution in [0.2, 0.25) is 0 Å². The van der Waals surface area contributed by atoms with Crippen LogP contribution >= 0.6 is 0 Å². The van der Waals surface area contributed by atoms with E-state index in [1.165, 1.54) is 49.6 Å². The van der Waals surface area contributed by atoms with Crippen LogP contribution < -0.4 is 25.5 Å². The van der Waals surface area contributed by atoms with Crippen molar-refractivity contribution in [1.82, 2.24) is 29.3 Å². The number of aromatic amines is 1. The summed E-state index contributed by atoms with van der Waals surface area (Å²) in [6.45, 7) is -0.0720. The van der Waals surface area contributed by atoms with Crippen molar-refractivity contribution in [2.75, 3.05) is 26.0 Å². The number of fused-ring (bicyclic) bond motifs is 1. The molecule has 2 heterocycles. The first-order valence-corrected chi connectivity index (χ1v) is 17.7. The summed E-state index contributed by atoms with van der Waals surface area (Å²) in [7, 11) is -3.84. The van der Waals surface area contributed by atoms with Crippen molar-refractivity contribution in [1.29, 1.82) is 0 Å². The Morgan fingerprint density at radius 2 is 1.57 bits per heavy atom. The number of nitrogens with zero attached hydrogens (tertiary/aromatic N) is 2. The van der Waals surface area contributed by atoms with Gasteiger partial charge in [0.15, 0.2) is 5.95 Å². The zero-order chi connectivity index (χ0) is 35.3. The first-order chi connectivity index (χ1) is 23.3. The Morgan fingerprint density at radius 1 is 0.939 bits per heavy atom. The standard InChI is InChI=1S/C32H33N7O8S2/c1-33-48(43,44)23-9-5-21(6-10-23)22-7-11-24(12-8-22)49(45,46)38-27(31(42)47-3)18-36-30(41)26-19-39(2)28-16-20(4-13-25(28)29(26)40)17-37-32-34-14-15-35-32/h4-16,19,27,33,38H,17-18H2,1-3H3,(H,36,41)(H2,34,35,37)/t27-/m0/s1. The van der Waals surface area contributed by atoms with Gasteiger partial charge in [0.05, 0.1) is 22.4 Å². The van der Waals surface area contributed by atoms with Gasteiger partial charge in [0.1, 0.15) is 11.6 Å². The Labute approximate surface area is 281 Å². The van der Waals surface area contributed by atoms with Gasteiger partial charge in [-0.25, -0.2) is 26.5 Å². The Bertz CT molecular complexity index is 2270. The van der Waals surface area contributed by atoms with Crippen molar-refractivity contribution in [2.45, 2.75) is 22.4 Å². The molecule has 0 fully saturated rings. The molecule has 15 nitrogen and oxygen atoms in total. The number of benzene rings is 3. The summed E-state index contributed by atoms with van der Waals surface area (Å²) in [5, 5.41) is 5.90. The van der Waals surface area contributed by atoms with Gasteiger partial charge in [0, 0.05) is 44.1 Å². The van der Waals surface area contributed by atoms with Gasteiger partial charge < -0.3 is 24.9 Å². The molecule has 256 valence electrons. The highest BCUT2D eigenvalue weighted by molar-refractivity contribution is 7.89. The quantitative estimate of drug-likeness (QED) is 0.112. The van der Waals surface area contributed by atoms with Gasteiger partial charge in [-0.15, -0.1) is 0 Å². The van der Waals surface area contributed by atoms with Crippen LogP contribution in [0.3, 0.4) is 0 Å². The zero-order valence-corrected chi connectivity index (χ0v) is 28.2. The Balaban J connectivity index is 1.28. The number of hydrogen-bond acceptors (Lipinski definition) is 10. The molecule has 0 aliphatic rings. The third-order valence-corrected chi connectivity index (χ3v) is 10.6. The van der Waals surface area contributed by atoms with Crippen molar-refractivity contribution >= 4 is 48.8 Å². The van der Waals surface area contributed by atoms with Crippen LogP contribution in [0.5, 0.6) is 0 Å². The zero-order valence-electron chi connectivity index (χ0n) is 26.6. The minimum Gasteiger partial charge on any atom is -0.468 e. The lowest BCUT2D eigenvalue weighted by Crippen LogP contribution is -2.49. The molecule has 0 saturated heterocycles. The van der Waals surface area contributed by atoms with Crippen LogP contribution in [-0.2, 0) is 43.2 Å². The van der Waals surface area contributed by atoms with Crippen molar-refractivity contribution in [3.8, 4) is 11.1 Å². The highest BCUT2D eigenvalue weighted by Gasteiger charge is 2.28. The van der Waals surface area contributed by atoms with Crippen molar-refractivity contribution in [3.05, 3.63) is 107 Å². The number of hydrogen-bond donors (Lipinski definition) is 5. The third kappa shape index (κ3) is 7.86. The average Bonchev–Trinajstić information content (AvgIpc) is 3.64. The maximum absolute atomic E-state index is 13.3. The largest absolute Gasteiger partial charge is 0.468 e. The van der Waals surface area contributed by atoms with E-state index in [-0.39, 0.29) is 15.4 Å². The molecule has 5 N–H and O–H groups in total. The minimum atomic E-state index is -4.29. The molecule has 0 unspecified atom stereocenters. The molecule has 5 aromatic rings. The number of rotatable bonds is 13. The molecule has 3 aromatic carbocycles. The van der Waals surface area contributed by atoms with E-state index >= 15 is 0 Å². The van der Waals surface area contributed by atoms with E-state index in [0.717, 1.165) is 12.7 Å². The number of carbonyl (C=O) groups excluding carboxylic acids is 2. The first-order valence-electron chi connectivity index (χ1n) is 14.7. The molecule has 0 radical (unpaired) electrons. The summed E-state index contributed by atoms with van der Waals surface area (Å²) < 4.78 is 61.3. The maximum atomic E-state index is 13.3. The van der Waals surface area contributed by atoms with Crippen LogP contribution in [0.4, 0.5) is 5.95 Å². The molecule has 0 spiro atoms. The molecule has 0 bridgehead atoms. The molecular weight excluding hydrogens is 675 g/mol. The lowest BCUT2D eigenvalue weighted by Gasteiger charge is -2.18. The predicted octanol–water partition coefficient (Wildman–Crippen LogP) is 1.70. The summed E-state index contributed by atoms with van der Waals surface area (Å²) in [5.74, 6) is -1.17. The number of aromatic nitrogens is 3. The number of esters is 1. The minimum absolute atomic E-state index is 0.0771. The number of H-pyrrole nitrogens is 1. The van der Waals surface area contributed by atoms with Gasteiger partial charge >= 0.3 is 5.97 Å². The fourth-order valence-corrected chi connectivity index (χ4v) is 6.89. The number of pyridine rings is 1. The van der Waals surface area contributed by atoms with Crippen molar-refractivity contribution in [3.63, 3.8) is 0 Å². The molecule has 0 saturated carbocycles. The highest BCUT2D eigenvalue weighted by atomic mass is 32.2. The number of ether oxygens (including phenoxy) is 1. The number of amides is 1. The topological polar surface area (TPSA) is 210 Å². The number of nitrogens with one attached hydrogen (secondary N) is 5. The molecule has 1 atom stereocenters. The Hall–Kier alpha value is -5.36. The summed E-state index contributed by atoms with van der Waals surface area (Å²) in [6.07, 6.45) is 4.68. The summed E-state index contributed by atoms with van der Waals surface area (Å²) in [5.41, 5.74) is 1.98. The Kier molecular flexibility index (Phi) is 10.3. The SMILES string of the molecule is CNS(=O)(=O)c1ccc(-c2ccc(S(=O)(=O)N[C@@H](CNC(=O)c3cn(C)c4cc(CNc5ncc[nH]5)ccc4c3=O)C(=O)OC)cc2)cc1. The van der Waals surface area contributed by atoms with Crippen LogP contribution in [-0.4, -0.2) is 70.0 Å². The number of carbonyl (C=O) groups is 2. The second kappa shape index (κ2) is 14.4. The second-order valence-corrected chi connectivity index (χ2v) is 14.4. The normalized spacial score (nSPS) is 12.4. The molecule has 17 heteroatoms. The highest BCUT2D eigenvalue weighted by Crippen LogP contribution is 2.23. The predicted molar refractivity (Wildman–Crippen MR) is 182 cm³/mol. The molecule has 1 amide bonds. The average molecular weight is 708 g/mol. The summed E-state index contributed by atoms with van der Waals surface area (Å²) in [6, 6.07) is 15.4. The molecule has 5 rings (SSSR count). The molecule has 0 aliphatic heterocycles. The van der Waals surface area contributed by atoms with Crippen molar-refractivity contribution in [2.24, 2.45) is 7.05 Å². The number of methoxy groups -OCH3 is 1. The third-order valence-electron chi connectivity index (χ3n) is 7.64. The maximum Gasteiger partial charge on any atom is 0.325 e. The van der Waals surface area contributed by atoms with Crippen LogP contribution in [0.1, 0.15) is 15.9 Å². The van der Waals surface area contributed by atoms with Crippen LogP contribution in [0.25, 0.3) is 22.0 Å². The molecule has 2 aromatic heterocycles. The van der Waals surface area contributed by atoms with Gasteiger partial charge in [0.2, 0.25) is 25.5 Å². The molecule has 0 aliphatic carbocycles. The number of sulfonamides is 2. The van der Waals surface area contributed by atoms with E-state index < -0.39 is 49.9 Å². The smallest absolute Gasteiger partial charge is 0.325 e. The second-order valence-electron chi connectivity index (χ2n) is 10.8. The summed E-state index contributed by atoms with van der Waals surface area (Å²) in [4.78, 5) is 46.0.